The maximum atomic E-state index is 11.6. The van der Waals surface area contributed by atoms with E-state index in [-0.39, 0.29) is 30.0 Å². The number of esters is 1. The first-order chi connectivity index (χ1) is 14.2. The first kappa shape index (κ1) is 24.1. The average Bonchev–Trinajstić information content (AvgIpc) is 2.74. The van der Waals surface area contributed by atoms with Gasteiger partial charge in [0.1, 0.15) is 0 Å². The first-order valence-electron chi connectivity index (χ1n) is 10.4. The molecule has 4 nitrogen and oxygen atoms in total. The fourth-order valence-corrected chi connectivity index (χ4v) is 8.56. The Morgan fingerprint density at radius 1 is 1.07 bits per heavy atom. The number of aliphatic hydroxyl groups excluding tert-OH is 1. The molecule has 0 unspecified atom stereocenters. The molecule has 2 aromatic rings. The van der Waals surface area contributed by atoms with Crippen LogP contribution in [-0.2, 0) is 14.0 Å². The number of carbonyl (C=O) groups is 1. The summed E-state index contributed by atoms with van der Waals surface area (Å²) >= 11 is 0. The number of hydrogen-bond acceptors (Lipinski definition) is 4. The van der Waals surface area contributed by atoms with Gasteiger partial charge in [-0.25, -0.2) is 0 Å². The zero-order valence-electron chi connectivity index (χ0n) is 18.5. The summed E-state index contributed by atoms with van der Waals surface area (Å²) in [6, 6.07) is 20.7. The molecule has 0 aromatic heterocycles. The normalized spacial score (nSPS) is 14.0. The molecule has 0 amide bonds. The second-order valence-corrected chi connectivity index (χ2v) is 12.9. The zero-order chi connectivity index (χ0) is 22.2. The molecule has 0 spiro atoms. The lowest BCUT2D eigenvalue weighted by molar-refractivity contribution is -0.141. The molecule has 5 heteroatoms. The topological polar surface area (TPSA) is 55.8 Å². The summed E-state index contributed by atoms with van der Waals surface area (Å²) < 4.78 is 11.5. The molecule has 2 aromatic carbocycles. The Hall–Kier alpha value is -2.21. The van der Waals surface area contributed by atoms with Gasteiger partial charge in [0, 0.05) is 0 Å². The minimum atomic E-state index is -2.69. The fourth-order valence-electron chi connectivity index (χ4n) is 3.96. The van der Waals surface area contributed by atoms with Crippen LogP contribution < -0.4 is 10.4 Å². The van der Waals surface area contributed by atoms with Crippen LogP contribution in [-0.4, -0.2) is 39.2 Å². The van der Waals surface area contributed by atoms with Gasteiger partial charge in [0.15, 0.2) is 0 Å². The summed E-state index contributed by atoms with van der Waals surface area (Å²) in [5, 5.41) is 12.9. The third kappa shape index (κ3) is 5.69. The van der Waals surface area contributed by atoms with Crippen LogP contribution in [0, 0.1) is 5.92 Å². The fraction of sp³-hybridized carbons (Fsp3) is 0.400. The van der Waals surface area contributed by atoms with E-state index in [1.54, 1.807) is 6.08 Å². The smallest absolute Gasteiger partial charge is 0.306 e. The molecule has 30 heavy (non-hydrogen) atoms. The SMILES string of the molecule is C=C[C@H](CC(=O)OC)C[C@H](O)CO[Si](c1ccccc1)(c1ccccc1)C(C)(C)C. The van der Waals surface area contributed by atoms with E-state index in [1.165, 1.54) is 17.5 Å². The highest BCUT2D eigenvalue weighted by Crippen LogP contribution is 2.37. The molecule has 0 aliphatic carbocycles. The van der Waals surface area contributed by atoms with Gasteiger partial charge in [-0.05, 0) is 27.8 Å². The Balaban J connectivity index is 2.32. The number of aliphatic hydroxyl groups is 1. The minimum absolute atomic E-state index is 0.153. The molecule has 2 rings (SSSR count). The predicted molar refractivity (Wildman–Crippen MR) is 125 cm³/mol. The van der Waals surface area contributed by atoms with E-state index >= 15 is 0 Å². The lowest BCUT2D eigenvalue weighted by Gasteiger charge is -2.43. The molecule has 1 N–H and O–H groups in total. The molecule has 0 aliphatic heterocycles. The molecule has 0 radical (unpaired) electrons. The molecule has 0 fully saturated rings. The molecule has 162 valence electrons. The summed E-state index contributed by atoms with van der Waals surface area (Å²) in [6.45, 7) is 10.6. The number of allylic oxidation sites excluding steroid dienone is 1. The summed E-state index contributed by atoms with van der Waals surface area (Å²) in [6.07, 6.45) is 1.59. The van der Waals surface area contributed by atoms with Gasteiger partial charge in [0.2, 0.25) is 0 Å². The lowest BCUT2D eigenvalue weighted by atomic mass is 9.98. The van der Waals surface area contributed by atoms with Gasteiger partial charge in [-0.1, -0.05) is 87.5 Å². The van der Waals surface area contributed by atoms with Gasteiger partial charge in [-0.2, -0.15) is 0 Å². The van der Waals surface area contributed by atoms with E-state index in [0.717, 1.165) is 0 Å². The third-order valence-electron chi connectivity index (χ3n) is 5.47. The largest absolute Gasteiger partial charge is 0.469 e. The zero-order valence-corrected chi connectivity index (χ0v) is 19.5. The van der Waals surface area contributed by atoms with Crippen LogP contribution in [0.25, 0.3) is 0 Å². The molecule has 0 aliphatic rings. The monoisotopic (exact) mass is 426 g/mol. The van der Waals surface area contributed by atoms with Crippen molar-refractivity contribution in [1.29, 1.82) is 0 Å². The molecule has 0 saturated carbocycles. The molecular formula is C25H34O4Si. The van der Waals surface area contributed by atoms with Gasteiger partial charge in [0.25, 0.3) is 8.32 Å². The van der Waals surface area contributed by atoms with E-state index in [1.807, 2.05) is 36.4 Å². The summed E-state index contributed by atoms with van der Waals surface area (Å²) in [5.41, 5.74) is 0. The van der Waals surface area contributed by atoms with E-state index in [0.29, 0.717) is 6.42 Å². The van der Waals surface area contributed by atoms with E-state index in [2.05, 4.69) is 51.6 Å². The highest BCUT2D eigenvalue weighted by Gasteiger charge is 2.50. The Kier molecular flexibility index (Phi) is 8.59. The van der Waals surface area contributed by atoms with E-state index in [4.69, 9.17) is 9.16 Å². The van der Waals surface area contributed by atoms with Crippen molar-refractivity contribution >= 4 is 24.7 Å². The third-order valence-corrected chi connectivity index (χ3v) is 10.5. The Labute approximate surface area is 181 Å². The molecule has 0 heterocycles. The number of carbonyl (C=O) groups excluding carboxylic acids is 1. The van der Waals surface area contributed by atoms with Gasteiger partial charge in [-0.3, -0.25) is 4.79 Å². The van der Waals surface area contributed by atoms with Crippen LogP contribution in [0.1, 0.15) is 33.6 Å². The van der Waals surface area contributed by atoms with Crippen molar-refractivity contribution in [3.63, 3.8) is 0 Å². The highest BCUT2D eigenvalue weighted by molar-refractivity contribution is 6.99. The predicted octanol–water partition coefficient (Wildman–Crippen LogP) is 3.68. The lowest BCUT2D eigenvalue weighted by Crippen LogP contribution is -2.67. The number of benzene rings is 2. The second kappa shape index (κ2) is 10.7. The summed E-state index contributed by atoms with van der Waals surface area (Å²) in [7, 11) is -1.32. The first-order valence-corrected chi connectivity index (χ1v) is 12.3. The Morgan fingerprint density at radius 2 is 1.57 bits per heavy atom. The second-order valence-electron chi connectivity index (χ2n) is 8.64. The van der Waals surface area contributed by atoms with Crippen molar-refractivity contribution in [2.45, 2.75) is 44.8 Å². The van der Waals surface area contributed by atoms with Gasteiger partial charge in [0.05, 0.1) is 26.2 Å². The molecule has 0 saturated heterocycles. The van der Waals surface area contributed by atoms with Crippen LogP contribution in [0.5, 0.6) is 0 Å². The average molecular weight is 427 g/mol. The molecule has 2 atom stereocenters. The van der Waals surface area contributed by atoms with Crippen molar-refractivity contribution in [2.75, 3.05) is 13.7 Å². The minimum Gasteiger partial charge on any atom is -0.469 e. The Bertz CT molecular complexity index is 759. The van der Waals surface area contributed by atoms with Crippen molar-refractivity contribution in [1.82, 2.24) is 0 Å². The number of rotatable bonds is 10. The quantitative estimate of drug-likeness (QED) is 0.358. The maximum absolute atomic E-state index is 11.6. The van der Waals surface area contributed by atoms with E-state index in [9.17, 15) is 9.90 Å². The number of hydrogen-bond donors (Lipinski definition) is 1. The number of methoxy groups -OCH3 is 1. The van der Waals surface area contributed by atoms with Crippen molar-refractivity contribution in [3.8, 4) is 0 Å². The van der Waals surface area contributed by atoms with Crippen LogP contribution in [0.4, 0.5) is 0 Å². The summed E-state index contributed by atoms with van der Waals surface area (Å²) in [5.74, 6) is -0.463. The molecule has 0 bridgehead atoms. The standard InChI is InChI=1S/C25H34O4Si/c1-6-20(18-24(27)28-5)17-21(26)19-29-30(25(2,3)4,22-13-9-7-10-14-22)23-15-11-8-12-16-23/h6-16,20-21,26H,1,17-19H2,2-5H3/t20-,21-/m0/s1. The maximum Gasteiger partial charge on any atom is 0.306 e. The van der Waals surface area contributed by atoms with Crippen LogP contribution in [0.3, 0.4) is 0 Å². The Morgan fingerprint density at radius 3 is 1.97 bits per heavy atom. The van der Waals surface area contributed by atoms with Gasteiger partial charge in [-0.15, -0.1) is 6.58 Å². The van der Waals surface area contributed by atoms with Gasteiger partial charge >= 0.3 is 5.97 Å². The van der Waals surface area contributed by atoms with Crippen LogP contribution in [0.15, 0.2) is 73.3 Å². The van der Waals surface area contributed by atoms with Gasteiger partial charge < -0.3 is 14.3 Å². The van der Waals surface area contributed by atoms with E-state index < -0.39 is 14.4 Å². The van der Waals surface area contributed by atoms with Crippen LogP contribution in [0.2, 0.25) is 5.04 Å². The van der Waals surface area contributed by atoms with Crippen molar-refractivity contribution in [3.05, 3.63) is 73.3 Å². The number of ether oxygens (including phenoxy) is 1. The van der Waals surface area contributed by atoms with Crippen LogP contribution >= 0.6 is 0 Å². The summed E-state index contributed by atoms with van der Waals surface area (Å²) in [4.78, 5) is 11.6. The highest BCUT2D eigenvalue weighted by atomic mass is 28.4. The van der Waals surface area contributed by atoms with Crippen molar-refractivity contribution < 1.29 is 19.1 Å². The van der Waals surface area contributed by atoms with Crippen molar-refractivity contribution in [2.24, 2.45) is 5.92 Å². The molecular weight excluding hydrogens is 392 g/mol.